The number of nitrogens with one attached hydrogen (secondary N) is 2. The fourth-order valence-electron chi connectivity index (χ4n) is 2.69. The summed E-state index contributed by atoms with van der Waals surface area (Å²) in [6.45, 7) is 13.8. The van der Waals surface area contributed by atoms with Crippen LogP contribution >= 0.6 is 0 Å². The molecule has 0 bridgehead atoms. The molecule has 0 spiro atoms. The highest BCUT2D eigenvalue weighted by Crippen LogP contribution is 2.25. The molecule has 0 aliphatic carbocycles. The highest BCUT2D eigenvalue weighted by molar-refractivity contribution is 5.78. The van der Waals surface area contributed by atoms with Gasteiger partial charge in [0.1, 0.15) is 5.82 Å². The fraction of sp³-hybridized carbons (Fsp3) is 0.667. The number of anilines is 2. The van der Waals surface area contributed by atoms with Crippen LogP contribution in [0.3, 0.4) is 0 Å². The Morgan fingerprint density at radius 1 is 1.23 bits per heavy atom. The molecule has 0 saturated carbocycles. The number of rotatable bonds is 12. The first-order valence-electron chi connectivity index (χ1n) is 10.1. The molecule has 1 unspecified atom stereocenters. The SMILES string of the molecule is CC=NC(=CC)c1cnc(NCCCC)nc1NC(CC)CCC(C)C. The van der Waals surface area contributed by atoms with E-state index in [-0.39, 0.29) is 0 Å². The van der Waals surface area contributed by atoms with Crippen LogP contribution in [-0.2, 0) is 0 Å². The van der Waals surface area contributed by atoms with Crippen molar-refractivity contribution in [2.24, 2.45) is 10.9 Å². The number of hydrogen-bond donors (Lipinski definition) is 2. The van der Waals surface area contributed by atoms with Crippen LogP contribution in [0.4, 0.5) is 11.8 Å². The van der Waals surface area contributed by atoms with Gasteiger partial charge < -0.3 is 10.6 Å². The zero-order valence-electron chi connectivity index (χ0n) is 17.5. The van der Waals surface area contributed by atoms with Gasteiger partial charge in [0.25, 0.3) is 0 Å². The first-order valence-corrected chi connectivity index (χ1v) is 10.1. The lowest BCUT2D eigenvalue weighted by Crippen LogP contribution is -2.21. The standard InChI is InChI=1S/C21H37N5/c1-7-11-14-23-21-24-15-18(19(9-3)22-10-4)20(26-21)25-17(8-2)13-12-16(5)6/h9-10,15-17H,7-8,11-14H2,1-6H3,(H2,23,24,25,26). The Bertz CT molecular complexity index is 578. The van der Waals surface area contributed by atoms with Gasteiger partial charge in [-0.15, -0.1) is 0 Å². The zero-order chi connectivity index (χ0) is 19.4. The van der Waals surface area contributed by atoms with Crippen LogP contribution in [0.5, 0.6) is 0 Å². The van der Waals surface area contributed by atoms with Gasteiger partial charge in [-0.05, 0) is 45.4 Å². The van der Waals surface area contributed by atoms with E-state index in [1.54, 1.807) is 0 Å². The van der Waals surface area contributed by atoms with Crippen molar-refractivity contribution < 1.29 is 0 Å². The third kappa shape index (κ3) is 7.54. The summed E-state index contributed by atoms with van der Waals surface area (Å²) in [5.41, 5.74) is 1.85. The molecule has 0 aromatic carbocycles. The van der Waals surface area contributed by atoms with E-state index in [0.29, 0.717) is 17.9 Å². The molecular formula is C21H37N5. The summed E-state index contributed by atoms with van der Waals surface area (Å²) >= 11 is 0. The monoisotopic (exact) mass is 359 g/mol. The smallest absolute Gasteiger partial charge is 0.224 e. The molecule has 5 nitrogen and oxygen atoms in total. The van der Waals surface area contributed by atoms with Crippen LogP contribution in [0.25, 0.3) is 5.70 Å². The minimum Gasteiger partial charge on any atom is -0.367 e. The lowest BCUT2D eigenvalue weighted by atomic mass is 10.0. The van der Waals surface area contributed by atoms with Gasteiger partial charge in [0.05, 0.1) is 11.3 Å². The Kier molecular flexibility index (Phi) is 10.6. The summed E-state index contributed by atoms with van der Waals surface area (Å²) in [5, 5.41) is 6.97. The normalized spacial score (nSPS) is 13.4. The van der Waals surface area contributed by atoms with Gasteiger partial charge >= 0.3 is 0 Å². The van der Waals surface area contributed by atoms with Crippen molar-refractivity contribution in [2.45, 2.75) is 79.7 Å². The molecule has 0 fully saturated rings. The Morgan fingerprint density at radius 2 is 2.00 bits per heavy atom. The van der Waals surface area contributed by atoms with Crippen molar-refractivity contribution >= 4 is 23.7 Å². The van der Waals surface area contributed by atoms with Crippen LogP contribution in [0.15, 0.2) is 17.3 Å². The van der Waals surface area contributed by atoms with E-state index in [1.165, 1.54) is 6.42 Å². The van der Waals surface area contributed by atoms with Crippen LogP contribution in [-0.4, -0.2) is 28.8 Å². The van der Waals surface area contributed by atoms with Crippen LogP contribution in [0, 0.1) is 5.92 Å². The van der Waals surface area contributed by atoms with Crippen molar-refractivity contribution in [2.75, 3.05) is 17.2 Å². The van der Waals surface area contributed by atoms with Crippen LogP contribution < -0.4 is 10.6 Å². The molecule has 1 atom stereocenters. The minimum absolute atomic E-state index is 0.401. The number of allylic oxidation sites excluding steroid dienone is 1. The molecule has 1 rings (SSSR count). The predicted molar refractivity (Wildman–Crippen MR) is 115 cm³/mol. The lowest BCUT2D eigenvalue weighted by molar-refractivity contribution is 0.505. The summed E-state index contributed by atoms with van der Waals surface area (Å²) in [6, 6.07) is 0.401. The molecule has 0 amide bonds. The van der Waals surface area contributed by atoms with E-state index < -0.39 is 0 Å². The molecule has 1 aromatic heterocycles. The average Bonchev–Trinajstić information content (AvgIpc) is 2.63. The minimum atomic E-state index is 0.401. The predicted octanol–water partition coefficient (Wildman–Crippen LogP) is 5.77. The van der Waals surface area contributed by atoms with Gasteiger partial charge in [0, 0.05) is 25.0 Å². The van der Waals surface area contributed by atoms with E-state index in [4.69, 9.17) is 4.98 Å². The summed E-state index contributed by atoms with van der Waals surface area (Å²) in [5.74, 6) is 2.26. The second kappa shape index (κ2) is 12.4. The Morgan fingerprint density at radius 3 is 2.58 bits per heavy atom. The lowest BCUT2D eigenvalue weighted by Gasteiger charge is -2.21. The molecule has 146 valence electrons. The van der Waals surface area contributed by atoms with E-state index in [0.717, 1.165) is 49.3 Å². The van der Waals surface area contributed by atoms with Gasteiger partial charge in [-0.1, -0.05) is 40.2 Å². The van der Waals surface area contributed by atoms with Crippen molar-refractivity contribution in [1.29, 1.82) is 0 Å². The van der Waals surface area contributed by atoms with E-state index >= 15 is 0 Å². The maximum atomic E-state index is 4.76. The first kappa shape index (κ1) is 22.1. The molecule has 0 saturated heterocycles. The molecule has 1 heterocycles. The van der Waals surface area contributed by atoms with Gasteiger partial charge in [0.2, 0.25) is 5.95 Å². The van der Waals surface area contributed by atoms with Gasteiger partial charge in [-0.2, -0.15) is 4.98 Å². The average molecular weight is 360 g/mol. The topological polar surface area (TPSA) is 62.2 Å². The Balaban J connectivity index is 3.08. The second-order valence-corrected chi connectivity index (χ2v) is 7.02. The maximum Gasteiger partial charge on any atom is 0.224 e. The largest absolute Gasteiger partial charge is 0.367 e. The summed E-state index contributed by atoms with van der Waals surface area (Å²) in [7, 11) is 0. The molecule has 0 aliphatic heterocycles. The summed E-state index contributed by atoms with van der Waals surface area (Å²) in [4.78, 5) is 13.7. The van der Waals surface area contributed by atoms with Gasteiger partial charge in [-0.25, -0.2) is 4.98 Å². The molecule has 1 aromatic rings. The van der Waals surface area contributed by atoms with Gasteiger partial charge in [0.15, 0.2) is 0 Å². The van der Waals surface area contributed by atoms with Gasteiger partial charge in [-0.3, -0.25) is 4.99 Å². The van der Waals surface area contributed by atoms with Crippen LogP contribution in [0.2, 0.25) is 0 Å². The zero-order valence-corrected chi connectivity index (χ0v) is 17.5. The molecule has 0 radical (unpaired) electrons. The third-order valence-corrected chi connectivity index (χ3v) is 4.35. The molecule has 0 aliphatic rings. The van der Waals surface area contributed by atoms with E-state index in [9.17, 15) is 0 Å². The van der Waals surface area contributed by atoms with E-state index in [1.807, 2.05) is 32.3 Å². The summed E-state index contributed by atoms with van der Waals surface area (Å²) in [6.07, 6.45) is 11.4. The Hall–Kier alpha value is -1.91. The molecule has 5 heteroatoms. The summed E-state index contributed by atoms with van der Waals surface area (Å²) < 4.78 is 0. The highest BCUT2D eigenvalue weighted by Gasteiger charge is 2.15. The van der Waals surface area contributed by atoms with Crippen molar-refractivity contribution in [1.82, 2.24) is 9.97 Å². The second-order valence-electron chi connectivity index (χ2n) is 7.02. The number of hydrogen-bond acceptors (Lipinski definition) is 5. The Labute approximate surface area is 159 Å². The molecular weight excluding hydrogens is 322 g/mol. The highest BCUT2D eigenvalue weighted by atomic mass is 15.1. The third-order valence-electron chi connectivity index (χ3n) is 4.35. The number of nitrogens with zero attached hydrogens (tertiary/aromatic N) is 3. The number of aromatic nitrogens is 2. The quantitative estimate of drug-likeness (QED) is 0.367. The first-order chi connectivity index (χ1) is 12.5. The molecule has 26 heavy (non-hydrogen) atoms. The van der Waals surface area contributed by atoms with Crippen molar-refractivity contribution in [3.05, 3.63) is 17.8 Å². The maximum absolute atomic E-state index is 4.76. The van der Waals surface area contributed by atoms with Crippen molar-refractivity contribution in [3.8, 4) is 0 Å². The number of unbranched alkanes of at least 4 members (excludes halogenated alkanes) is 1. The van der Waals surface area contributed by atoms with Crippen molar-refractivity contribution in [3.63, 3.8) is 0 Å². The van der Waals surface area contributed by atoms with Crippen LogP contribution in [0.1, 0.15) is 79.2 Å². The van der Waals surface area contributed by atoms with E-state index in [2.05, 4.69) is 48.3 Å². The number of aliphatic imine (C=N–C) groups is 1. The molecule has 2 N–H and O–H groups in total. The fourth-order valence-corrected chi connectivity index (χ4v) is 2.69.